The van der Waals surface area contributed by atoms with E-state index < -0.39 is 0 Å². The van der Waals surface area contributed by atoms with Crippen molar-refractivity contribution in [3.8, 4) is 0 Å². The normalized spacial score (nSPS) is 22.2. The van der Waals surface area contributed by atoms with Gasteiger partial charge in [0.1, 0.15) is 0 Å². The monoisotopic (exact) mass is 183 g/mol. The maximum Gasteiger partial charge on any atom is 0.00326 e. The van der Waals surface area contributed by atoms with Crippen LogP contribution >= 0.6 is 0 Å². The lowest BCUT2D eigenvalue weighted by Gasteiger charge is -2.36. The molecule has 0 N–H and O–H groups in total. The van der Waals surface area contributed by atoms with Crippen molar-refractivity contribution in [3.63, 3.8) is 0 Å². The van der Waals surface area contributed by atoms with Crippen LogP contribution in [0.25, 0.3) is 0 Å². The fraction of sp³-hybridized carbons (Fsp3) is 1.00. The van der Waals surface area contributed by atoms with Crippen molar-refractivity contribution in [2.24, 2.45) is 11.3 Å². The predicted octanol–water partition coefficient (Wildman–Crippen LogP) is 3.15. The molecule has 0 bridgehead atoms. The van der Waals surface area contributed by atoms with Gasteiger partial charge in [-0.25, -0.2) is 0 Å². The summed E-state index contributed by atoms with van der Waals surface area (Å²) in [6.45, 7) is 13.4. The maximum absolute atomic E-state index is 2.64. The van der Waals surface area contributed by atoms with Crippen LogP contribution in [0.3, 0.4) is 0 Å². The number of piperidine rings is 1. The fourth-order valence-electron chi connectivity index (χ4n) is 1.94. The molecule has 0 unspecified atom stereocenters. The van der Waals surface area contributed by atoms with Crippen molar-refractivity contribution < 1.29 is 0 Å². The minimum Gasteiger partial charge on any atom is -0.303 e. The zero-order chi connectivity index (χ0) is 9.90. The molecule has 1 rings (SSSR count). The zero-order valence-electron chi connectivity index (χ0n) is 9.77. The van der Waals surface area contributed by atoms with E-state index in [1.54, 1.807) is 0 Å². The Hall–Kier alpha value is -0.0400. The second-order valence-electron chi connectivity index (χ2n) is 5.48. The van der Waals surface area contributed by atoms with E-state index in [1.807, 2.05) is 0 Å². The van der Waals surface area contributed by atoms with Gasteiger partial charge in [-0.3, -0.25) is 0 Å². The van der Waals surface area contributed by atoms with E-state index in [4.69, 9.17) is 0 Å². The number of likely N-dealkylation sites (tertiary alicyclic amines) is 1. The minimum absolute atomic E-state index is 0.514. The van der Waals surface area contributed by atoms with Gasteiger partial charge in [0.2, 0.25) is 0 Å². The van der Waals surface area contributed by atoms with Crippen LogP contribution in [0.2, 0.25) is 0 Å². The molecule has 0 aliphatic carbocycles. The van der Waals surface area contributed by atoms with Crippen molar-refractivity contribution in [1.29, 1.82) is 0 Å². The van der Waals surface area contributed by atoms with E-state index >= 15 is 0 Å². The van der Waals surface area contributed by atoms with E-state index in [9.17, 15) is 0 Å². The van der Waals surface area contributed by atoms with E-state index in [2.05, 4.69) is 32.6 Å². The molecule has 13 heavy (non-hydrogen) atoms. The molecule has 1 aliphatic rings. The van der Waals surface area contributed by atoms with Crippen LogP contribution in [0.1, 0.15) is 47.0 Å². The molecule has 1 saturated heterocycles. The van der Waals surface area contributed by atoms with Crippen molar-refractivity contribution in [2.75, 3.05) is 19.6 Å². The average Bonchev–Trinajstić information content (AvgIpc) is 2.09. The van der Waals surface area contributed by atoms with E-state index in [1.165, 1.54) is 38.9 Å². The van der Waals surface area contributed by atoms with E-state index in [-0.39, 0.29) is 0 Å². The first-order valence-corrected chi connectivity index (χ1v) is 5.76. The Labute approximate surface area is 83.5 Å². The predicted molar refractivity (Wildman–Crippen MR) is 58.9 cm³/mol. The summed E-state index contributed by atoms with van der Waals surface area (Å²) < 4.78 is 0. The lowest BCUT2D eigenvalue weighted by molar-refractivity contribution is 0.130. The molecular formula is C12H25N. The van der Waals surface area contributed by atoms with Crippen LogP contribution < -0.4 is 0 Å². The van der Waals surface area contributed by atoms with Gasteiger partial charge >= 0.3 is 0 Å². The smallest absolute Gasteiger partial charge is 0.00326 e. The molecule has 78 valence electrons. The van der Waals surface area contributed by atoms with Gasteiger partial charge in [-0.1, -0.05) is 27.7 Å². The fourth-order valence-corrected chi connectivity index (χ4v) is 1.94. The topological polar surface area (TPSA) is 3.24 Å². The van der Waals surface area contributed by atoms with Crippen LogP contribution in [0.15, 0.2) is 0 Å². The summed E-state index contributed by atoms with van der Waals surface area (Å²) in [5, 5.41) is 0. The minimum atomic E-state index is 0.514. The van der Waals surface area contributed by atoms with Crippen molar-refractivity contribution in [2.45, 2.75) is 47.0 Å². The number of rotatable bonds is 3. The van der Waals surface area contributed by atoms with E-state index in [0.29, 0.717) is 5.41 Å². The molecule has 0 radical (unpaired) electrons. The quantitative estimate of drug-likeness (QED) is 0.649. The van der Waals surface area contributed by atoms with Gasteiger partial charge in [0.05, 0.1) is 0 Å². The second kappa shape index (κ2) is 4.45. The van der Waals surface area contributed by atoms with Crippen molar-refractivity contribution in [1.82, 2.24) is 4.90 Å². The van der Waals surface area contributed by atoms with Crippen LogP contribution in [0.4, 0.5) is 0 Å². The third kappa shape index (κ3) is 3.68. The largest absolute Gasteiger partial charge is 0.303 e. The molecule has 1 nitrogen and oxygen atoms in total. The van der Waals surface area contributed by atoms with Gasteiger partial charge < -0.3 is 4.90 Å². The highest BCUT2D eigenvalue weighted by Gasteiger charge is 2.22. The summed E-state index contributed by atoms with van der Waals surface area (Å²) in [5.41, 5.74) is 0.514. The molecule has 0 spiro atoms. The molecule has 0 atom stereocenters. The Morgan fingerprint density at radius 1 is 1.23 bits per heavy atom. The molecule has 1 aliphatic heterocycles. The van der Waals surface area contributed by atoms with Crippen LogP contribution in [-0.4, -0.2) is 24.5 Å². The maximum atomic E-state index is 2.64. The Morgan fingerprint density at radius 2 is 1.77 bits per heavy atom. The summed E-state index contributed by atoms with van der Waals surface area (Å²) in [4.78, 5) is 2.64. The van der Waals surface area contributed by atoms with E-state index in [0.717, 1.165) is 5.92 Å². The SMILES string of the molecule is CCC(C)(C)CN1CCC(C)CC1. The van der Waals surface area contributed by atoms with Crippen molar-refractivity contribution >= 4 is 0 Å². The Balaban J connectivity index is 2.30. The van der Waals surface area contributed by atoms with Crippen LogP contribution in [0.5, 0.6) is 0 Å². The summed E-state index contributed by atoms with van der Waals surface area (Å²) in [6, 6.07) is 0. The van der Waals surface area contributed by atoms with Gasteiger partial charge in [0.15, 0.2) is 0 Å². The number of hydrogen-bond acceptors (Lipinski definition) is 1. The first-order chi connectivity index (χ1) is 6.03. The molecule has 1 fully saturated rings. The van der Waals surface area contributed by atoms with Gasteiger partial charge in [-0.2, -0.15) is 0 Å². The van der Waals surface area contributed by atoms with Crippen LogP contribution in [-0.2, 0) is 0 Å². The number of nitrogens with zero attached hydrogens (tertiary/aromatic N) is 1. The molecule has 0 aromatic heterocycles. The van der Waals surface area contributed by atoms with Gasteiger partial charge in [0.25, 0.3) is 0 Å². The second-order valence-corrected chi connectivity index (χ2v) is 5.48. The molecule has 0 amide bonds. The third-order valence-electron chi connectivity index (χ3n) is 3.48. The zero-order valence-corrected chi connectivity index (χ0v) is 9.77. The first kappa shape index (κ1) is 11.0. The highest BCUT2D eigenvalue weighted by atomic mass is 15.1. The Kier molecular flexibility index (Phi) is 3.78. The van der Waals surface area contributed by atoms with Crippen molar-refractivity contribution in [3.05, 3.63) is 0 Å². The highest BCUT2D eigenvalue weighted by molar-refractivity contribution is 4.76. The molecule has 1 heterocycles. The summed E-state index contributed by atoms with van der Waals surface area (Å²) in [6.07, 6.45) is 4.10. The Bertz CT molecular complexity index is 143. The van der Waals surface area contributed by atoms with Gasteiger partial charge in [0, 0.05) is 6.54 Å². The lowest BCUT2D eigenvalue weighted by atomic mass is 9.88. The summed E-state index contributed by atoms with van der Waals surface area (Å²) in [7, 11) is 0. The molecular weight excluding hydrogens is 158 g/mol. The summed E-state index contributed by atoms with van der Waals surface area (Å²) in [5.74, 6) is 0.959. The molecule has 0 aromatic carbocycles. The third-order valence-corrected chi connectivity index (χ3v) is 3.48. The molecule has 0 saturated carbocycles. The number of hydrogen-bond donors (Lipinski definition) is 0. The van der Waals surface area contributed by atoms with Gasteiger partial charge in [-0.05, 0) is 43.7 Å². The lowest BCUT2D eigenvalue weighted by Crippen LogP contribution is -2.39. The van der Waals surface area contributed by atoms with Crippen LogP contribution in [0, 0.1) is 11.3 Å². The van der Waals surface area contributed by atoms with Gasteiger partial charge in [-0.15, -0.1) is 0 Å². The molecule has 0 aromatic rings. The Morgan fingerprint density at radius 3 is 2.23 bits per heavy atom. The highest BCUT2D eigenvalue weighted by Crippen LogP contribution is 2.24. The summed E-state index contributed by atoms with van der Waals surface area (Å²) >= 11 is 0. The first-order valence-electron chi connectivity index (χ1n) is 5.76. The standard InChI is InChI=1S/C12H25N/c1-5-12(3,4)10-13-8-6-11(2)7-9-13/h11H,5-10H2,1-4H3. The molecule has 1 heteroatoms. The average molecular weight is 183 g/mol.